The monoisotopic (exact) mass is 289 g/mol. The van der Waals surface area contributed by atoms with Crippen LogP contribution in [0.3, 0.4) is 0 Å². The van der Waals surface area contributed by atoms with Crippen LogP contribution in [-0.4, -0.2) is 24.3 Å². The number of hydrogen-bond acceptors (Lipinski definition) is 3. The number of aliphatic hydroxyl groups excluding tert-OH is 1. The lowest BCUT2D eigenvalue weighted by atomic mass is 10.0. The van der Waals surface area contributed by atoms with Gasteiger partial charge < -0.3 is 15.7 Å². The van der Waals surface area contributed by atoms with E-state index in [0.717, 1.165) is 18.4 Å². The summed E-state index contributed by atoms with van der Waals surface area (Å²) in [5.41, 5.74) is 2.06. The van der Waals surface area contributed by atoms with Gasteiger partial charge in [-0.3, -0.25) is 0 Å². The lowest BCUT2D eigenvalue weighted by Crippen LogP contribution is -2.33. The van der Waals surface area contributed by atoms with Crippen molar-refractivity contribution in [1.29, 1.82) is 5.26 Å². The Balaban J connectivity index is 2.55. The van der Waals surface area contributed by atoms with Gasteiger partial charge in [-0.2, -0.15) is 5.26 Å². The smallest absolute Gasteiger partial charge is 0.319 e. The number of amides is 2. The molecule has 0 aromatic heterocycles. The zero-order chi connectivity index (χ0) is 15.7. The van der Waals surface area contributed by atoms with Crippen LogP contribution in [-0.2, 0) is 0 Å². The molecule has 0 heterocycles. The van der Waals surface area contributed by atoms with Crippen LogP contribution in [0.1, 0.15) is 37.3 Å². The third kappa shape index (κ3) is 5.84. The average Bonchev–Trinajstić information content (AvgIpc) is 2.47. The number of hydrogen-bond donors (Lipinski definition) is 3. The van der Waals surface area contributed by atoms with Gasteiger partial charge >= 0.3 is 6.03 Å². The highest BCUT2D eigenvalue weighted by Gasteiger charge is 2.10. The molecule has 0 saturated carbocycles. The van der Waals surface area contributed by atoms with Crippen molar-refractivity contribution in [2.75, 3.05) is 18.5 Å². The Morgan fingerprint density at radius 3 is 2.81 bits per heavy atom. The molecule has 3 N–H and O–H groups in total. The van der Waals surface area contributed by atoms with Gasteiger partial charge in [0.1, 0.15) is 0 Å². The Hall–Kier alpha value is -2.06. The molecule has 0 bridgehead atoms. The number of nitrogens with one attached hydrogen (secondary N) is 2. The molecule has 1 rings (SSSR count). The molecule has 1 aromatic rings. The number of carbonyl (C=O) groups is 1. The maximum atomic E-state index is 11.9. The number of aryl methyl sites for hydroxylation is 1. The molecule has 1 atom stereocenters. The first-order valence-electron chi connectivity index (χ1n) is 7.27. The zero-order valence-corrected chi connectivity index (χ0v) is 12.6. The molecule has 0 aliphatic heterocycles. The largest absolute Gasteiger partial charge is 0.396 e. The third-order valence-electron chi connectivity index (χ3n) is 3.40. The van der Waals surface area contributed by atoms with Crippen molar-refractivity contribution in [2.45, 2.75) is 33.1 Å². The van der Waals surface area contributed by atoms with E-state index < -0.39 is 0 Å². The Morgan fingerprint density at radius 2 is 2.19 bits per heavy atom. The number of carbonyl (C=O) groups excluding carboxylic acids is 1. The van der Waals surface area contributed by atoms with Crippen LogP contribution in [0.25, 0.3) is 0 Å². The molecule has 0 aliphatic carbocycles. The summed E-state index contributed by atoms with van der Waals surface area (Å²) < 4.78 is 0. The molecule has 1 unspecified atom stereocenters. The normalized spacial score (nSPS) is 11.5. The van der Waals surface area contributed by atoms with Crippen LogP contribution >= 0.6 is 0 Å². The highest BCUT2D eigenvalue weighted by molar-refractivity contribution is 5.90. The number of nitrogens with zero attached hydrogens (tertiary/aromatic N) is 1. The maximum absolute atomic E-state index is 11.9. The molecule has 5 heteroatoms. The minimum Gasteiger partial charge on any atom is -0.396 e. The third-order valence-corrected chi connectivity index (χ3v) is 3.40. The Bertz CT molecular complexity index is 503. The van der Waals surface area contributed by atoms with Crippen LogP contribution in [0.15, 0.2) is 18.2 Å². The lowest BCUT2D eigenvalue weighted by Gasteiger charge is -2.16. The second-order valence-corrected chi connectivity index (χ2v) is 5.14. The van der Waals surface area contributed by atoms with Gasteiger partial charge in [-0.1, -0.05) is 19.4 Å². The molecule has 0 saturated heterocycles. The summed E-state index contributed by atoms with van der Waals surface area (Å²) in [5.74, 6) is 0.289. The van der Waals surface area contributed by atoms with E-state index in [-0.39, 0.29) is 18.6 Å². The van der Waals surface area contributed by atoms with Gasteiger partial charge in [0.05, 0.1) is 11.6 Å². The van der Waals surface area contributed by atoms with Gasteiger partial charge in [-0.25, -0.2) is 4.79 Å². The van der Waals surface area contributed by atoms with Crippen LogP contribution in [0.5, 0.6) is 0 Å². The molecule has 114 valence electrons. The summed E-state index contributed by atoms with van der Waals surface area (Å²) in [6, 6.07) is 6.95. The second-order valence-electron chi connectivity index (χ2n) is 5.14. The van der Waals surface area contributed by atoms with Crippen molar-refractivity contribution in [3.63, 3.8) is 0 Å². The summed E-state index contributed by atoms with van der Waals surface area (Å²) >= 11 is 0. The van der Waals surface area contributed by atoms with E-state index in [4.69, 9.17) is 10.4 Å². The molecular weight excluding hydrogens is 266 g/mol. The van der Waals surface area contributed by atoms with E-state index in [1.165, 1.54) is 0 Å². The topological polar surface area (TPSA) is 85.2 Å². The Morgan fingerprint density at radius 1 is 1.43 bits per heavy atom. The van der Waals surface area contributed by atoms with E-state index >= 15 is 0 Å². The van der Waals surface area contributed by atoms with E-state index in [9.17, 15) is 4.79 Å². The minimum atomic E-state index is -0.285. The fraction of sp³-hybridized carbons (Fsp3) is 0.500. The number of urea groups is 1. The first-order chi connectivity index (χ1) is 10.1. The first kappa shape index (κ1) is 17.0. The summed E-state index contributed by atoms with van der Waals surface area (Å²) in [4.78, 5) is 11.9. The molecule has 1 aromatic carbocycles. The summed E-state index contributed by atoms with van der Waals surface area (Å²) in [6.45, 7) is 4.64. The summed E-state index contributed by atoms with van der Waals surface area (Å²) in [7, 11) is 0. The number of rotatable bonds is 7. The molecule has 0 radical (unpaired) electrons. The predicted molar refractivity (Wildman–Crippen MR) is 83.0 cm³/mol. The molecule has 0 fully saturated rings. The number of aliphatic hydroxyl groups is 1. The Labute approximate surface area is 126 Å². The minimum absolute atomic E-state index is 0.136. The number of nitriles is 1. The molecule has 21 heavy (non-hydrogen) atoms. The van der Waals surface area contributed by atoms with E-state index in [1.807, 2.05) is 6.92 Å². The van der Waals surface area contributed by atoms with Gasteiger partial charge in [0, 0.05) is 18.8 Å². The van der Waals surface area contributed by atoms with E-state index in [2.05, 4.69) is 23.6 Å². The van der Waals surface area contributed by atoms with Gasteiger partial charge in [0.15, 0.2) is 0 Å². The van der Waals surface area contributed by atoms with Crippen LogP contribution < -0.4 is 10.6 Å². The standard InChI is InChI=1S/C16H23N3O2/c1-3-4-13(7-8-20)11-18-16(21)19-15-9-14(10-17)6-5-12(15)2/h5-6,9,13,20H,3-4,7-8,11H2,1-2H3,(H2,18,19,21). The summed E-state index contributed by atoms with van der Waals surface area (Å²) in [5, 5.41) is 23.5. The fourth-order valence-electron chi connectivity index (χ4n) is 2.17. The van der Waals surface area contributed by atoms with E-state index in [0.29, 0.717) is 24.2 Å². The van der Waals surface area contributed by atoms with Crippen molar-refractivity contribution in [1.82, 2.24) is 5.32 Å². The highest BCUT2D eigenvalue weighted by atomic mass is 16.3. The number of benzene rings is 1. The van der Waals surface area contributed by atoms with Crippen LogP contribution in [0, 0.1) is 24.2 Å². The molecular formula is C16H23N3O2. The highest BCUT2D eigenvalue weighted by Crippen LogP contribution is 2.16. The van der Waals surface area contributed by atoms with Crippen molar-refractivity contribution < 1.29 is 9.90 Å². The SMILES string of the molecule is CCCC(CCO)CNC(=O)Nc1cc(C#N)ccc1C. The molecule has 0 aliphatic rings. The van der Waals surface area contributed by atoms with Crippen LogP contribution in [0.4, 0.5) is 10.5 Å². The van der Waals surface area contributed by atoms with Crippen LogP contribution in [0.2, 0.25) is 0 Å². The molecule has 5 nitrogen and oxygen atoms in total. The second kappa shape index (κ2) is 8.98. The van der Waals surface area contributed by atoms with Gasteiger partial charge in [-0.15, -0.1) is 0 Å². The van der Waals surface area contributed by atoms with Crippen molar-refractivity contribution in [3.8, 4) is 6.07 Å². The quantitative estimate of drug-likeness (QED) is 0.721. The predicted octanol–water partition coefficient (Wildman–Crippen LogP) is 2.79. The maximum Gasteiger partial charge on any atom is 0.319 e. The van der Waals surface area contributed by atoms with Gasteiger partial charge in [-0.05, 0) is 43.4 Å². The lowest BCUT2D eigenvalue weighted by molar-refractivity contribution is 0.236. The van der Waals surface area contributed by atoms with Crippen molar-refractivity contribution >= 4 is 11.7 Å². The van der Waals surface area contributed by atoms with Gasteiger partial charge in [0.2, 0.25) is 0 Å². The summed E-state index contributed by atoms with van der Waals surface area (Å²) in [6.07, 6.45) is 2.69. The van der Waals surface area contributed by atoms with Crippen molar-refractivity contribution in [2.24, 2.45) is 5.92 Å². The average molecular weight is 289 g/mol. The van der Waals surface area contributed by atoms with Gasteiger partial charge in [0.25, 0.3) is 0 Å². The first-order valence-corrected chi connectivity index (χ1v) is 7.27. The Kier molecular flexibility index (Phi) is 7.27. The molecule has 2 amide bonds. The van der Waals surface area contributed by atoms with E-state index in [1.54, 1.807) is 18.2 Å². The fourth-order valence-corrected chi connectivity index (χ4v) is 2.17. The molecule has 0 spiro atoms. The zero-order valence-electron chi connectivity index (χ0n) is 12.6. The van der Waals surface area contributed by atoms with Crippen molar-refractivity contribution in [3.05, 3.63) is 29.3 Å². The number of anilines is 1.